The molecule has 0 bridgehead atoms. The topological polar surface area (TPSA) is 45.5 Å². The molecule has 0 radical (unpaired) electrons. The molecule has 1 N–H and O–H groups in total. The van der Waals surface area contributed by atoms with E-state index in [-0.39, 0.29) is 0 Å². The van der Waals surface area contributed by atoms with E-state index in [1.54, 1.807) is 11.3 Å². The van der Waals surface area contributed by atoms with Crippen LogP contribution in [0.15, 0.2) is 65.1 Å². The molecule has 0 aliphatic heterocycles. The number of thiophene rings is 1. The van der Waals surface area contributed by atoms with Crippen molar-refractivity contribution in [2.75, 3.05) is 20.6 Å². The lowest BCUT2D eigenvalue weighted by molar-refractivity contribution is 0.485. The quantitative estimate of drug-likeness (QED) is 0.547. The van der Waals surface area contributed by atoms with E-state index in [2.05, 4.69) is 44.9 Å². The molecular formula is C19H23N5S. The minimum Gasteiger partial charge on any atom is -0.351 e. The standard InChI is InChI=1S/C19H23N5S/c1-20-19(23(2)12-11-18-9-6-14-25-18)21-15-16-10-13-24(22-16)17-7-4-3-5-8-17/h3-10,13-14H,11-12,15H2,1-2H3,(H,20,21). The van der Waals surface area contributed by atoms with Crippen molar-refractivity contribution in [2.45, 2.75) is 13.0 Å². The molecule has 0 unspecified atom stereocenters. The van der Waals surface area contributed by atoms with E-state index in [1.165, 1.54) is 4.88 Å². The van der Waals surface area contributed by atoms with Crippen LogP contribution < -0.4 is 5.32 Å². The Balaban J connectivity index is 1.53. The van der Waals surface area contributed by atoms with E-state index in [0.717, 1.165) is 30.3 Å². The maximum Gasteiger partial charge on any atom is 0.193 e. The van der Waals surface area contributed by atoms with Crippen LogP contribution in [0.3, 0.4) is 0 Å². The molecule has 25 heavy (non-hydrogen) atoms. The van der Waals surface area contributed by atoms with Crippen molar-refractivity contribution in [3.05, 3.63) is 70.7 Å². The van der Waals surface area contributed by atoms with Gasteiger partial charge in [0.15, 0.2) is 5.96 Å². The average Bonchev–Trinajstić information content (AvgIpc) is 3.33. The Hall–Kier alpha value is -2.60. The Morgan fingerprint density at radius 3 is 2.76 bits per heavy atom. The third kappa shape index (κ3) is 4.70. The van der Waals surface area contributed by atoms with E-state index in [0.29, 0.717) is 6.54 Å². The van der Waals surface area contributed by atoms with Crippen molar-refractivity contribution in [3.63, 3.8) is 0 Å². The van der Waals surface area contributed by atoms with Crippen molar-refractivity contribution in [1.82, 2.24) is 20.0 Å². The zero-order valence-corrected chi connectivity index (χ0v) is 15.4. The van der Waals surface area contributed by atoms with Crippen LogP contribution in [0.2, 0.25) is 0 Å². The van der Waals surface area contributed by atoms with Crippen LogP contribution in [0.1, 0.15) is 10.6 Å². The van der Waals surface area contributed by atoms with E-state index in [4.69, 9.17) is 0 Å². The van der Waals surface area contributed by atoms with Crippen LogP contribution in [0, 0.1) is 0 Å². The molecule has 1 aromatic carbocycles. The summed E-state index contributed by atoms with van der Waals surface area (Å²) < 4.78 is 1.89. The summed E-state index contributed by atoms with van der Waals surface area (Å²) in [6, 6.07) is 16.4. The second-order valence-electron chi connectivity index (χ2n) is 5.74. The Bertz CT molecular complexity index is 792. The Morgan fingerprint density at radius 1 is 1.20 bits per heavy atom. The molecule has 0 fully saturated rings. The number of nitrogens with one attached hydrogen (secondary N) is 1. The molecular weight excluding hydrogens is 330 g/mol. The summed E-state index contributed by atoms with van der Waals surface area (Å²) in [4.78, 5) is 7.91. The first-order chi connectivity index (χ1) is 12.3. The van der Waals surface area contributed by atoms with Crippen molar-refractivity contribution >= 4 is 17.3 Å². The normalized spacial score (nSPS) is 11.5. The van der Waals surface area contributed by atoms with Gasteiger partial charge in [-0.2, -0.15) is 5.10 Å². The summed E-state index contributed by atoms with van der Waals surface area (Å²) in [6.07, 6.45) is 3.01. The molecule has 2 aromatic heterocycles. The molecule has 6 heteroatoms. The van der Waals surface area contributed by atoms with Gasteiger partial charge in [-0.3, -0.25) is 4.99 Å². The number of likely N-dealkylation sites (N-methyl/N-ethyl adjacent to an activating group) is 1. The van der Waals surface area contributed by atoms with Gasteiger partial charge < -0.3 is 10.2 Å². The Kier molecular flexibility index (Phi) is 5.85. The highest BCUT2D eigenvalue weighted by molar-refractivity contribution is 7.09. The van der Waals surface area contributed by atoms with Crippen molar-refractivity contribution < 1.29 is 0 Å². The highest BCUT2D eigenvalue weighted by atomic mass is 32.1. The van der Waals surface area contributed by atoms with Crippen LogP contribution >= 0.6 is 11.3 Å². The summed E-state index contributed by atoms with van der Waals surface area (Å²) in [7, 11) is 3.87. The molecule has 5 nitrogen and oxygen atoms in total. The van der Waals surface area contributed by atoms with Crippen LogP contribution in [-0.2, 0) is 13.0 Å². The predicted molar refractivity (Wildman–Crippen MR) is 104 cm³/mol. The molecule has 0 aliphatic carbocycles. The first-order valence-electron chi connectivity index (χ1n) is 8.30. The van der Waals surface area contributed by atoms with Gasteiger partial charge in [-0.1, -0.05) is 24.3 Å². The van der Waals surface area contributed by atoms with Gasteiger partial charge in [0.2, 0.25) is 0 Å². The monoisotopic (exact) mass is 353 g/mol. The molecule has 0 atom stereocenters. The molecule has 0 saturated heterocycles. The van der Waals surface area contributed by atoms with Crippen molar-refractivity contribution in [2.24, 2.45) is 4.99 Å². The molecule has 0 spiro atoms. The van der Waals surface area contributed by atoms with Gasteiger partial charge in [0.05, 0.1) is 17.9 Å². The van der Waals surface area contributed by atoms with Gasteiger partial charge >= 0.3 is 0 Å². The fourth-order valence-electron chi connectivity index (χ4n) is 2.57. The predicted octanol–water partition coefficient (Wildman–Crippen LogP) is 3.18. The molecule has 3 aromatic rings. The van der Waals surface area contributed by atoms with Crippen molar-refractivity contribution in [3.8, 4) is 5.69 Å². The van der Waals surface area contributed by atoms with Crippen LogP contribution in [0.25, 0.3) is 5.69 Å². The number of rotatable bonds is 6. The number of benzene rings is 1. The lowest BCUT2D eigenvalue weighted by Gasteiger charge is -2.21. The van der Waals surface area contributed by atoms with Crippen LogP contribution in [0.4, 0.5) is 0 Å². The SMILES string of the molecule is CN=C(NCc1ccn(-c2ccccc2)n1)N(C)CCc1cccs1. The highest BCUT2D eigenvalue weighted by Crippen LogP contribution is 2.10. The molecule has 3 rings (SSSR count). The average molecular weight is 353 g/mol. The summed E-state index contributed by atoms with van der Waals surface area (Å²) in [5, 5.41) is 10.1. The molecule has 0 aliphatic rings. The fraction of sp³-hybridized carbons (Fsp3) is 0.263. The summed E-state index contributed by atoms with van der Waals surface area (Å²) >= 11 is 1.80. The van der Waals surface area contributed by atoms with Gasteiger partial charge in [-0.05, 0) is 36.1 Å². The third-order valence-electron chi connectivity index (χ3n) is 3.94. The van der Waals surface area contributed by atoms with Gasteiger partial charge in [0, 0.05) is 31.7 Å². The number of nitrogens with zero attached hydrogens (tertiary/aromatic N) is 4. The second kappa shape index (κ2) is 8.48. The number of para-hydroxylation sites is 1. The van der Waals surface area contributed by atoms with Gasteiger partial charge in [-0.25, -0.2) is 4.68 Å². The van der Waals surface area contributed by atoms with Gasteiger partial charge in [0.1, 0.15) is 0 Å². The third-order valence-corrected chi connectivity index (χ3v) is 4.88. The number of hydrogen-bond donors (Lipinski definition) is 1. The molecule has 2 heterocycles. The van der Waals surface area contributed by atoms with Crippen LogP contribution in [-0.4, -0.2) is 41.3 Å². The Labute approximate surface area is 152 Å². The van der Waals surface area contributed by atoms with Gasteiger partial charge in [0.25, 0.3) is 0 Å². The molecule has 130 valence electrons. The second-order valence-corrected chi connectivity index (χ2v) is 6.77. The first kappa shape index (κ1) is 17.2. The van der Waals surface area contributed by atoms with E-state index in [1.807, 2.05) is 54.3 Å². The number of guanidine groups is 1. The minimum atomic E-state index is 0.649. The first-order valence-corrected chi connectivity index (χ1v) is 9.18. The summed E-state index contributed by atoms with van der Waals surface area (Å²) in [5.41, 5.74) is 2.04. The van der Waals surface area contributed by atoms with E-state index < -0.39 is 0 Å². The zero-order valence-electron chi connectivity index (χ0n) is 14.6. The minimum absolute atomic E-state index is 0.649. The summed E-state index contributed by atoms with van der Waals surface area (Å²) in [5.74, 6) is 0.880. The highest BCUT2D eigenvalue weighted by Gasteiger charge is 2.08. The summed E-state index contributed by atoms with van der Waals surface area (Å²) in [6.45, 7) is 1.58. The Morgan fingerprint density at radius 2 is 2.04 bits per heavy atom. The maximum atomic E-state index is 4.62. The molecule has 0 saturated carbocycles. The van der Waals surface area contributed by atoms with Gasteiger partial charge in [-0.15, -0.1) is 11.3 Å². The van der Waals surface area contributed by atoms with E-state index in [9.17, 15) is 0 Å². The fourth-order valence-corrected chi connectivity index (χ4v) is 3.27. The maximum absolute atomic E-state index is 4.62. The molecule has 0 amide bonds. The smallest absolute Gasteiger partial charge is 0.193 e. The lowest BCUT2D eigenvalue weighted by Crippen LogP contribution is -2.39. The van der Waals surface area contributed by atoms with Crippen molar-refractivity contribution in [1.29, 1.82) is 0 Å². The number of hydrogen-bond acceptors (Lipinski definition) is 3. The number of aromatic nitrogens is 2. The van der Waals surface area contributed by atoms with Crippen LogP contribution in [0.5, 0.6) is 0 Å². The zero-order chi connectivity index (χ0) is 17.5. The number of aliphatic imine (C=N–C) groups is 1. The lowest BCUT2D eigenvalue weighted by atomic mass is 10.3. The largest absolute Gasteiger partial charge is 0.351 e. The van der Waals surface area contributed by atoms with E-state index >= 15 is 0 Å².